The van der Waals surface area contributed by atoms with Crippen molar-refractivity contribution in [3.05, 3.63) is 77.6 Å². The second-order valence-electron chi connectivity index (χ2n) is 7.54. The van der Waals surface area contributed by atoms with E-state index in [1.165, 1.54) is 6.20 Å². The second-order valence-corrected chi connectivity index (χ2v) is 7.54. The first-order chi connectivity index (χ1) is 14.8. The topological polar surface area (TPSA) is 87.0 Å². The first-order valence-corrected chi connectivity index (χ1v) is 9.59. The normalized spacial score (nSPS) is 11.3. The van der Waals surface area contributed by atoms with Gasteiger partial charge in [-0.1, -0.05) is 18.2 Å². The Morgan fingerprint density at radius 1 is 1.19 bits per heavy atom. The highest BCUT2D eigenvalue weighted by atomic mass is 19.1. The molecule has 0 saturated heterocycles. The Morgan fingerprint density at radius 2 is 2.00 bits per heavy atom. The SMILES string of the molecule is CN(C)Cc1cccc(-c2c[nH]c3ncc(NC(=O)c4c(F)ccc(N)c4F)cc23)c1. The Kier molecular flexibility index (Phi) is 5.39. The number of anilines is 2. The number of nitrogens with two attached hydrogens (primary N) is 1. The second kappa shape index (κ2) is 8.16. The van der Waals surface area contributed by atoms with Crippen LogP contribution in [-0.2, 0) is 6.54 Å². The van der Waals surface area contributed by atoms with E-state index in [0.29, 0.717) is 11.3 Å². The minimum absolute atomic E-state index is 0.300. The molecule has 6 nitrogen and oxygen atoms in total. The van der Waals surface area contributed by atoms with Gasteiger partial charge in [0.2, 0.25) is 0 Å². The number of pyridine rings is 1. The minimum atomic E-state index is -1.09. The standard InChI is InChI=1S/C23H21F2N5O/c1-30(2)12-13-4-3-5-14(8-13)17-11-28-22-16(17)9-15(10-27-22)29-23(31)20-18(24)6-7-19(26)21(20)25/h3-11H,12,26H2,1-2H3,(H,27,28)(H,29,31). The molecule has 8 heteroatoms. The van der Waals surface area contributed by atoms with Gasteiger partial charge in [-0.25, -0.2) is 13.8 Å². The molecule has 0 bridgehead atoms. The lowest BCUT2D eigenvalue weighted by molar-refractivity contribution is 0.101. The third-order valence-electron chi connectivity index (χ3n) is 4.87. The van der Waals surface area contributed by atoms with Gasteiger partial charge in [-0.15, -0.1) is 0 Å². The van der Waals surface area contributed by atoms with Crippen LogP contribution < -0.4 is 11.1 Å². The summed E-state index contributed by atoms with van der Waals surface area (Å²) in [6.45, 7) is 0.799. The van der Waals surface area contributed by atoms with Gasteiger partial charge in [0.1, 0.15) is 17.0 Å². The third-order valence-corrected chi connectivity index (χ3v) is 4.87. The molecule has 4 aromatic rings. The molecule has 0 aliphatic carbocycles. The molecule has 0 aliphatic heterocycles. The number of amides is 1. The first kappa shape index (κ1) is 20.5. The van der Waals surface area contributed by atoms with Gasteiger partial charge < -0.3 is 20.9 Å². The van der Waals surface area contributed by atoms with E-state index in [0.717, 1.165) is 40.8 Å². The van der Waals surface area contributed by atoms with E-state index < -0.39 is 23.1 Å². The van der Waals surface area contributed by atoms with E-state index >= 15 is 0 Å². The van der Waals surface area contributed by atoms with Crippen LogP contribution in [0.3, 0.4) is 0 Å². The summed E-state index contributed by atoms with van der Waals surface area (Å²) in [5.41, 5.74) is 8.42. The maximum atomic E-state index is 14.2. The summed E-state index contributed by atoms with van der Waals surface area (Å²) in [5, 5.41) is 3.28. The van der Waals surface area contributed by atoms with Gasteiger partial charge in [-0.2, -0.15) is 0 Å². The van der Waals surface area contributed by atoms with Crippen LogP contribution in [0.5, 0.6) is 0 Å². The van der Waals surface area contributed by atoms with E-state index in [1.807, 2.05) is 32.4 Å². The average Bonchev–Trinajstić information content (AvgIpc) is 3.14. The number of benzene rings is 2. The summed E-state index contributed by atoms with van der Waals surface area (Å²) >= 11 is 0. The van der Waals surface area contributed by atoms with Gasteiger partial charge in [0.25, 0.3) is 5.91 Å². The monoisotopic (exact) mass is 421 g/mol. The number of nitrogens with one attached hydrogen (secondary N) is 2. The zero-order chi connectivity index (χ0) is 22.1. The van der Waals surface area contributed by atoms with Crippen molar-refractivity contribution in [1.82, 2.24) is 14.9 Å². The Hall–Kier alpha value is -3.78. The Labute approximate surface area is 177 Å². The lowest BCUT2D eigenvalue weighted by atomic mass is 10.0. The number of hydrogen-bond donors (Lipinski definition) is 3. The van der Waals surface area contributed by atoms with E-state index in [4.69, 9.17) is 5.73 Å². The third kappa shape index (κ3) is 4.10. The predicted octanol–water partition coefficient (Wildman–Crippen LogP) is 4.40. The summed E-state index contributed by atoms with van der Waals surface area (Å²) in [6.07, 6.45) is 3.26. The molecular formula is C23H21F2N5O. The van der Waals surface area contributed by atoms with Crippen molar-refractivity contribution in [3.8, 4) is 11.1 Å². The fourth-order valence-electron chi connectivity index (χ4n) is 3.48. The number of fused-ring (bicyclic) bond motifs is 1. The van der Waals surface area contributed by atoms with Crippen LogP contribution in [-0.4, -0.2) is 34.9 Å². The Balaban J connectivity index is 1.68. The van der Waals surface area contributed by atoms with Crippen molar-refractivity contribution in [3.63, 3.8) is 0 Å². The molecule has 0 fully saturated rings. The van der Waals surface area contributed by atoms with Gasteiger partial charge in [-0.05, 0) is 49.5 Å². The fraction of sp³-hybridized carbons (Fsp3) is 0.130. The van der Waals surface area contributed by atoms with Crippen LogP contribution in [0, 0.1) is 11.6 Å². The molecule has 0 unspecified atom stereocenters. The summed E-state index contributed by atoms with van der Waals surface area (Å²) in [6, 6.07) is 11.9. The number of aromatic nitrogens is 2. The fourth-order valence-corrected chi connectivity index (χ4v) is 3.48. The molecule has 0 aliphatic rings. The predicted molar refractivity (Wildman–Crippen MR) is 118 cm³/mol. The van der Waals surface area contributed by atoms with Gasteiger partial charge in [0.05, 0.1) is 17.6 Å². The molecule has 31 heavy (non-hydrogen) atoms. The smallest absolute Gasteiger partial charge is 0.261 e. The van der Waals surface area contributed by atoms with Crippen LogP contribution in [0.25, 0.3) is 22.2 Å². The van der Waals surface area contributed by atoms with Crippen LogP contribution in [0.1, 0.15) is 15.9 Å². The number of rotatable bonds is 5. The molecule has 2 aromatic carbocycles. The van der Waals surface area contributed by atoms with Gasteiger partial charge in [0.15, 0.2) is 5.82 Å². The molecular weight excluding hydrogens is 400 g/mol. The lowest BCUT2D eigenvalue weighted by Crippen LogP contribution is -2.17. The Bertz CT molecular complexity index is 1280. The van der Waals surface area contributed by atoms with Crippen LogP contribution in [0.15, 0.2) is 54.9 Å². The van der Waals surface area contributed by atoms with Crippen molar-refractivity contribution < 1.29 is 13.6 Å². The van der Waals surface area contributed by atoms with E-state index in [2.05, 4.69) is 32.3 Å². The molecule has 4 rings (SSSR count). The first-order valence-electron chi connectivity index (χ1n) is 9.59. The number of aromatic amines is 1. The molecule has 4 N–H and O–H groups in total. The highest BCUT2D eigenvalue weighted by Crippen LogP contribution is 2.30. The molecule has 2 aromatic heterocycles. The number of hydrogen-bond acceptors (Lipinski definition) is 4. The summed E-state index contributed by atoms with van der Waals surface area (Å²) < 4.78 is 28.2. The van der Waals surface area contributed by atoms with Crippen molar-refractivity contribution >= 4 is 28.3 Å². The number of H-pyrrole nitrogens is 1. The molecule has 1 amide bonds. The summed E-state index contributed by atoms with van der Waals surface area (Å²) in [5.74, 6) is -3.02. The highest BCUT2D eigenvalue weighted by molar-refractivity contribution is 6.06. The zero-order valence-electron chi connectivity index (χ0n) is 17.0. The number of halogens is 2. The molecule has 0 radical (unpaired) electrons. The van der Waals surface area contributed by atoms with Crippen LogP contribution in [0.4, 0.5) is 20.2 Å². The Morgan fingerprint density at radius 3 is 2.77 bits per heavy atom. The molecule has 0 saturated carbocycles. The highest BCUT2D eigenvalue weighted by Gasteiger charge is 2.20. The molecule has 0 atom stereocenters. The van der Waals surface area contributed by atoms with E-state index in [1.54, 1.807) is 6.07 Å². The zero-order valence-corrected chi connectivity index (χ0v) is 17.0. The van der Waals surface area contributed by atoms with Gasteiger partial charge in [0, 0.05) is 23.7 Å². The van der Waals surface area contributed by atoms with Crippen LogP contribution in [0.2, 0.25) is 0 Å². The maximum absolute atomic E-state index is 14.2. The molecule has 2 heterocycles. The molecule has 0 spiro atoms. The van der Waals surface area contributed by atoms with Crippen molar-refractivity contribution in [1.29, 1.82) is 0 Å². The van der Waals surface area contributed by atoms with Gasteiger partial charge in [-0.3, -0.25) is 4.79 Å². The maximum Gasteiger partial charge on any atom is 0.261 e. The lowest BCUT2D eigenvalue weighted by Gasteiger charge is -2.11. The summed E-state index contributed by atoms with van der Waals surface area (Å²) in [4.78, 5) is 22.0. The summed E-state index contributed by atoms with van der Waals surface area (Å²) in [7, 11) is 4.01. The van der Waals surface area contributed by atoms with Gasteiger partial charge >= 0.3 is 0 Å². The molecule has 158 valence electrons. The number of nitrogen functional groups attached to an aromatic ring is 1. The average molecular weight is 421 g/mol. The minimum Gasteiger partial charge on any atom is -0.396 e. The number of nitrogens with zero attached hydrogens (tertiary/aromatic N) is 2. The van der Waals surface area contributed by atoms with Crippen molar-refractivity contribution in [2.45, 2.75) is 6.54 Å². The quantitative estimate of drug-likeness (QED) is 0.417. The largest absolute Gasteiger partial charge is 0.396 e. The van der Waals surface area contributed by atoms with Crippen molar-refractivity contribution in [2.75, 3.05) is 25.1 Å². The number of carbonyl (C=O) groups is 1. The van der Waals surface area contributed by atoms with Crippen molar-refractivity contribution in [2.24, 2.45) is 0 Å². The van der Waals surface area contributed by atoms with Crippen LogP contribution >= 0.6 is 0 Å². The number of carbonyl (C=O) groups excluding carboxylic acids is 1. The van der Waals surface area contributed by atoms with E-state index in [9.17, 15) is 13.6 Å². The van der Waals surface area contributed by atoms with E-state index in [-0.39, 0.29) is 5.69 Å².